The van der Waals surface area contributed by atoms with Crippen LogP contribution in [-0.4, -0.2) is 9.97 Å². The molecule has 4 heteroatoms. The van der Waals surface area contributed by atoms with Crippen molar-refractivity contribution < 1.29 is 0 Å². The van der Waals surface area contributed by atoms with Crippen LogP contribution >= 0.6 is 0 Å². The summed E-state index contributed by atoms with van der Waals surface area (Å²) in [7, 11) is 0. The Balaban J connectivity index is 2.49. The Morgan fingerprint density at radius 3 is 2.60 bits per heavy atom. The zero-order valence-corrected chi connectivity index (χ0v) is 7.88. The van der Waals surface area contributed by atoms with Gasteiger partial charge in [0.2, 0.25) is 0 Å². The first-order valence-electron chi connectivity index (χ1n) is 4.39. The molecule has 0 amide bonds. The lowest BCUT2D eigenvalue weighted by Crippen LogP contribution is -1.96. The second kappa shape index (κ2) is 3.76. The number of aromatic nitrogens is 2. The van der Waals surface area contributed by atoms with Crippen molar-refractivity contribution in [3.63, 3.8) is 0 Å². The van der Waals surface area contributed by atoms with Gasteiger partial charge in [0, 0.05) is 6.20 Å². The van der Waals surface area contributed by atoms with E-state index in [1.54, 1.807) is 18.3 Å². The average Bonchev–Trinajstić information content (AvgIpc) is 2.30. The summed E-state index contributed by atoms with van der Waals surface area (Å²) < 4.78 is 0. The maximum atomic E-state index is 8.69. The first kappa shape index (κ1) is 9.16. The van der Waals surface area contributed by atoms with Crippen LogP contribution in [0.4, 0.5) is 5.82 Å². The summed E-state index contributed by atoms with van der Waals surface area (Å²) in [4.78, 5) is 8.25. The molecule has 15 heavy (non-hydrogen) atoms. The van der Waals surface area contributed by atoms with E-state index in [0.29, 0.717) is 11.3 Å². The molecule has 0 unspecified atom stereocenters. The lowest BCUT2D eigenvalue weighted by Gasteiger charge is -2.01. The molecule has 2 rings (SSSR count). The number of hydrogen-bond donors (Lipinski definition) is 1. The fourth-order valence-electron chi connectivity index (χ4n) is 1.23. The minimum absolute atomic E-state index is 0.237. The zero-order valence-electron chi connectivity index (χ0n) is 7.88. The Hall–Kier alpha value is -2.41. The molecule has 0 bridgehead atoms. The quantitative estimate of drug-likeness (QED) is 0.751. The fourth-order valence-corrected chi connectivity index (χ4v) is 1.23. The molecule has 0 aliphatic carbocycles. The predicted molar refractivity (Wildman–Crippen MR) is 56.6 cm³/mol. The lowest BCUT2D eigenvalue weighted by molar-refractivity contribution is 1.24. The minimum atomic E-state index is 0.237. The Kier molecular flexibility index (Phi) is 2.30. The van der Waals surface area contributed by atoms with Gasteiger partial charge in [0.05, 0.1) is 17.0 Å². The number of rotatable bonds is 1. The predicted octanol–water partition coefficient (Wildman–Crippen LogP) is 1.60. The summed E-state index contributed by atoms with van der Waals surface area (Å²) in [6, 6.07) is 10.9. The van der Waals surface area contributed by atoms with Gasteiger partial charge < -0.3 is 5.73 Å². The number of nitriles is 1. The number of anilines is 1. The molecule has 0 aliphatic heterocycles. The maximum Gasteiger partial charge on any atom is 0.142 e. The normalized spacial score (nSPS) is 9.53. The van der Waals surface area contributed by atoms with Crippen LogP contribution in [0.5, 0.6) is 0 Å². The van der Waals surface area contributed by atoms with Gasteiger partial charge in [0.25, 0.3) is 0 Å². The zero-order chi connectivity index (χ0) is 10.7. The average molecular weight is 196 g/mol. The number of hydrogen-bond acceptors (Lipinski definition) is 4. The topological polar surface area (TPSA) is 75.6 Å². The van der Waals surface area contributed by atoms with E-state index in [4.69, 9.17) is 11.0 Å². The molecule has 0 radical (unpaired) electrons. The van der Waals surface area contributed by atoms with Crippen LogP contribution in [0.1, 0.15) is 5.56 Å². The third kappa shape index (κ3) is 1.76. The van der Waals surface area contributed by atoms with Crippen LogP contribution in [0.25, 0.3) is 11.4 Å². The summed E-state index contributed by atoms with van der Waals surface area (Å²) >= 11 is 0. The highest BCUT2D eigenvalue weighted by Crippen LogP contribution is 2.17. The highest BCUT2D eigenvalue weighted by Gasteiger charge is 2.03. The smallest absolute Gasteiger partial charge is 0.142 e. The van der Waals surface area contributed by atoms with Gasteiger partial charge in [-0.2, -0.15) is 5.26 Å². The molecule has 2 heterocycles. The summed E-state index contributed by atoms with van der Waals surface area (Å²) in [5.74, 6) is 0.237. The van der Waals surface area contributed by atoms with Gasteiger partial charge in [-0.05, 0) is 24.3 Å². The number of nitrogens with zero attached hydrogens (tertiary/aromatic N) is 3. The summed E-state index contributed by atoms with van der Waals surface area (Å²) in [5.41, 5.74) is 7.41. The van der Waals surface area contributed by atoms with Gasteiger partial charge in [-0.15, -0.1) is 0 Å². The van der Waals surface area contributed by atoms with Crippen molar-refractivity contribution in [1.29, 1.82) is 5.26 Å². The van der Waals surface area contributed by atoms with Crippen molar-refractivity contribution >= 4 is 5.82 Å². The van der Waals surface area contributed by atoms with E-state index in [9.17, 15) is 0 Å². The monoisotopic (exact) mass is 196 g/mol. The summed E-state index contributed by atoms with van der Waals surface area (Å²) in [6.45, 7) is 0. The molecule has 72 valence electrons. The van der Waals surface area contributed by atoms with E-state index < -0.39 is 0 Å². The Morgan fingerprint density at radius 1 is 1.13 bits per heavy atom. The van der Waals surface area contributed by atoms with E-state index in [0.717, 1.165) is 5.69 Å². The van der Waals surface area contributed by atoms with Crippen LogP contribution in [0.2, 0.25) is 0 Å². The molecule has 0 saturated carbocycles. The molecule has 2 N–H and O–H groups in total. The van der Waals surface area contributed by atoms with Crippen molar-refractivity contribution in [2.75, 3.05) is 5.73 Å². The van der Waals surface area contributed by atoms with Crippen molar-refractivity contribution in [3.8, 4) is 17.5 Å². The van der Waals surface area contributed by atoms with E-state index in [2.05, 4.69) is 9.97 Å². The second-order valence-electron chi connectivity index (χ2n) is 2.96. The van der Waals surface area contributed by atoms with Gasteiger partial charge in [-0.3, -0.25) is 4.98 Å². The maximum absolute atomic E-state index is 8.69. The van der Waals surface area contributed by atoms with Gasteiger partial charge in [0.1, 0.15) is 11.9 Å². The third-order valence-electron chi connectivity index (χ3n) is 1.97. The molecule has 2 aromatic rings. The van der Waals surface area contributed by atoms with Crippen molar-refractivity contribution in [2.24, 2.45) is 0 Å². The third-order valence-corrected chi connectivity index (χ3v) is 1.97. The molecule has 2 aromatic heterocycles. The Bertz CT molecular complexity index is 514. The first-order valence-corrected chi connectivity index (χ1v) is 4.39. The van der Waals surface area contributed by atoms with Gasteiger partial charge in [0.15, 0.2) is 0 Å². The lowest BCUT2D eigenvalue weighted by atomic mass is 10.2. The Labute approximate surface area is 87.0 Å². The first-order chi connectivity index (χ1) is 7.31. The highest BCUT2D eigenvalue weighted by molar-refractivity contribution is 5.60. The van der Waals surface area contributed by atoms with Crippen molar-refractivity contribution in [1.82, 2.24) is 9.97 Å². The van der Waals surface area contributed by atoms with Gasteiger partial charge >= 0.3 is 0 Å². The Morgan fingerprint density at radius 2 is 2.00 bits per heavy atom. The van der Waals surface area contributed by atoms with Crippen LogP contribution in [-0.2, 0) is 0 Å². The fraction of sp³-hybridized carbons (Fsp3) is 0. The molecule has 0 aromatic carbocycles. The van der Waals surface area contributed by atoms with Gasteiger partial charge in [-0.25, -0.2) is 4.98 Å². The van der Waals surface area contributed by atoms with E-state index in [1.165, 1.54) is 0 Å². The summed E-state index contributed by atoms with van der Waals surface area (Å²) in [5, 5.41) is 8.69. The molecule has 0 aliphatic rings. The van der Waals surface area contributed by atoms with Crippen molar-refractivity contribution in [3.05, 3.63) is 42.1 Å². The molecular formula is C11H8N4. The molecule has 0 fully saturated rings. The molecule has 0 atom stereocenters. The van der Waals surface area contributed by atoms with E-state index in [1.807, 2.05) is 24.3 Å². The largest absolute Gasteiger partial charge is 0.383 e. The SMILES string of the molecule is N#Cc1ccc(-c2ccccn2)nc1N. The molecule has 0 saturated heterocycles. The number of nitrogens with two attached hydrogens (primary N) is 1. The second-order valence-corrected chi connectivity index (χ2v) is 2.96. The standard InChI is InChI=1S/C11H8N4/c12-7-8-4-5-10(15-11(8)13)9-3-1-2-6-14-9/h1-6H,(H2,13,15). The molecular weight excluding hydrogens is 188 g/mol. The van der Waals surface area contributed by atoms with Crippen molar-refractivity contribution in [2.45, 2.75) is 0 Å². The molecule has 0 spiro atoms. The molecule has 4 nitrogen and oxygen atoms in total. The van der Waals surface area contributed by atoms with Gasteiger partial charge in [-0.1, -0.05) is 6.07 Å². The van der Waals surface area contributed by atoms with Crippen LogP contribution < -0.4 is 5.73 Å². The van der Waals surface area contributed by atoms with E-state index >= 15 is 0 Å². The summed E-state index contributed by atoms with van der Waals surface area (Å²) in [6.07, 6.45) is 1.69. The van der Waals surface area contributed by atoms with Crippen LogP contribution in [0.15, 0.2) is 36.5 Å². The van der Waals surface area contributed by atoms with Crippen LogP contribution in [0, 0.1) is 11.3 Å². The highest BCUT2D eigenvalue weighted by atomic mass is 14.9. The van der Waals surface area contributed by atoms with E-state index in [-0.39, 0.29) is 5.82 Å². The number of nitrogen functional groups attached to an aromatic ring is 1. The number of pyridine rings is 2. The minimum Gasteiger partial charge on any atom is -0.383 e. The van der Waals surface area contributed by atoms with Crippen LogP contribution in [0.3, 0.4) is 0 Å².